The Bertz CT molecular complexity index is 589. The Morgan fingerprint density at radius 3 is 2.44 bits per heavy atom. The second-order valence-electron chi connectivity index (χ2n) is 3.72. The third kappa shape index (κ3) is 2.27. The maximum atomic E-state index is 13.1. The van der Waals surface area contributed by atoms with E-state index in [4.69, 9.17) is 0 Å². The van der Waals surface area contributed by atoms with Gasteiger partial charge in [0, 0.05) is 5.56 Å². The molecule has 1 heterocycles. The van der Waals surface area contributed by atoms with Crippen molar-refractivity contribution >= 4 is 15.9 Å². The number of halogens is 5. The highest BCUT2D eigenvalue weighted by Gasteiger charge is 2.36. The van der Waals surface area contributed by atoms with Gasteiger partial charge in [0.1, 0.15) is 11.5 Å². The van der Waals surface area contributed by atoms with Crippen molar-refractivity contribution in [3.63, 3.8) is 0 Å². The molecule has 0 spiro atoms. The maximum absolute atomic E-state index is 13.1. The number of nitrogens with one attached hydrogen (secondary N) is 1. The van der Waals surface area contributed by atoms with E-state index in [1.807, 2.05) is 5.10 Å². The van der Waals surface area contributed by atoms with Crippen LogP contribution in [0, 0.1) is 12.7 Å². The van der Waals surface area contributed by atoms with Gasteiger partial charge < -0.3 is 0 Å². The first-order valence-electron chi connectivity index (χ1n) is 4.88. The van der Waals surface area contributed by atoms with Gasteiger partial charge in [-0.15, -0.1) is 0 Å². The number of rotatable bonds is 1. The molecule has 0 aliphatic carbocycles. The quantitative estimate of drug-likeness (QED) is 0.779. The molecule has 0 aliphatic heterocycles. The van der Waals surface area contributed by atoms with E-state index in [2.05, 4.69) is 21.0 Å². The third-order valence-corrected chi connectivity index (χ3v) is 3.19. The first kappa shape index (κ1) is 13.1. The van der Waals surface area contributed by atoms with Crippen molar-refractivity contribution in [3.8, 4) is 11.3 Å². The van der Waals surface area contributed by atoms with Crippen LogP contribution >= 0.6 is 15.9 Å². The van der Waals surface area contributed by atoms with Crippen LogP contribution in [0.1, 0.15) is 11.3 Å². The lowest BCUT2D eigenvalue weighted by molar-refractivity contribution is -0.141. The van der Waals surface area contributed by atoms with E-state index in [1.165, 1.54) is 25.1 Å². The van der Waals surface area contributed by atoms with E-state index in [0.717, 1.165) is 0 Å². The Kier molecular flexibility index (Phi) is 3.18. The molecule has 1 aromatic carbocycles. The molecule has 18 heavy (non-hydrogen) atoms. The Morgan fingerprint density at radius 1 is 1.28 bits per heavy atom. The molecule has 0 saturated heterocycles. The zero-order chi connectivity index (χ0) is 13.5. The minimum Gasteiger partial charge on any atom is -0.272 e. The summed E-state index contributed by atoms with van der Waals surface area (Å²) < 4.78 is 50.6. The lowest BCUT2D eigenvalue weighted by Crippen LogP contribution is -2.06. The Labute approximate surface area is 108 Å². The molecule has 2 aromatic rings. The summed E-state index contributed by atoms with van der Waals surface area (Å²) in [6.45, 7) is 1.53. The van der Waals surface area contributed by atoms with Crippen molar-refractivity contribution in [2.75, 3.05) is 0 Å². The molecule has 96 valence electrons. The van der Waals surface area contributed by atoms with Crippen LogP contribution in [0.2, 0.25) is 0 Å². The zero-order valence-corrected chi connectivity index (χ0v) is 10.7. The number of alkyl halides is 3. The van der Waals surface area contributed by atoms with Crippen molar-refractivity contribution in [3.05, 3.63) is 39.7 Å². The van der Waals surface area contributed by atoms with Crippen molar-refractivity contribution in [2.45, 2.75) is 13.1 Å². The highest BCUT2D eigenvalue weighted by molar-refractivity contribution is 9.10. The van der Waals surface area contributed by atoms with E-state index >= 15 is 0 Å². The largest absolute Gasteiger partial charge is 0.433 e. The second kappa shape index (κ2) is 4.38. The fourth-order valence-corrected chi connectivity index (χ4v) is 2.13. The van der Waals surface area contributed by atoms with Crippen LogP contribution < -0.4 is 0 Å². The first-order chi connectivity index (χ1) is 8.30. The van der Waals surface area contributed by atoms with E-state index in [9.17, 15) is 17.6 Å². The summed E-state index contributed by atoms with van der Waals surface area (Å²) in [6.07, 6.45) is -4.51. The standard InChI is InChI=1S/C11H7BrF4N2/c1-5-4-6(2-3-7(5)13)9-8(12)10(18-17-9)11(14,15)16/h2-4H,1H3,(H,17,18). The average Bonchev–Trinajstić information content (AvgIpc) is 2.64. The second-order valence-corrected chi connectivity index (χ2v) is 4.52. The average molecular weight is 323 g/mol. The minimum atomic E-state index is -4.51. The van der Waals surface area contributed by atoms with Gasteiger partial charge in [0.2, 0.25) is 0 Å². The van der Waals surface area contributed by atoms with E-state index in [1.54, 1.807) is 0 Å². The van der Waals surface area contributed by atoms with Crippen LogP contribution in [-0.2, 0) is 6.18 Å². The molecular weight excluding hydrogens is 316 g/mol. The molecular formula is C11H7BrF4N2. The SMILES string of the molecule is Cc1cc(-c2n[nH]c(C(F)(F)F)c2Br)ccc1F. The van der Waals surface area contributed by atoms with E-state index in [0.29, 0.717) is 11.1 Å². The Hall–Kier alpha value is -1.37. The normalized spacial score (nSPS) is 11.9. The van der Waals surface area contributed by atoms with Crippen LogP contribution in [0.4, 0.5) is 17.6 Å². The third-order valence-electron chi connectivity index (χ3n) is 2.42. The predicted octanol–water partition coefficient (Wildman–Crippen LogP) is 4.31. The maximum Gasteiger partial charge on any atom is 0.433 e. The van der Waals surface area contributed by atoms with Crippen LogP contribution in [0.5, 0.6) is 0 Å². The summed E-state index contributed by atoms with van der Waals surface area (Å²) in [5.41, 5.74) is -0.103. The van der Waals surface area contributed by atoms with Crippen molar-refractivity contribution < 1.29 is 17.6 Å². The van der Waals surface area contributed by atoms with Gasteiger partial charge in [-0.05, 0) is 46.6 Å². The van der Waals surface area contributed by atoms with Crippen molar-refractivity contribution in [1.82, 2.24) is 10.2 Å². The first-order valence-corrected chi connectivity index (χ1v) is 5.67. The van der Waals surface area contributed by atoms with Crippen LogP contribution in [-0.4, -0.2) is 10.2 Å². The van der Waals surface area contributed by atoms with Gasteiger partial charge in [-0.25, -0.2) is 4.39 Å². The Balaban J connectivity index is 2.52. The Morgan fingerprint density at radius 2 is 1.94 bits per heavy atom. The molecule has 1 aromatic heterocycles. The number of H-pyrrole nitrogens is 1. The van der Waals surface area contributed by atoms with Gasteiger partial charge in [-0.2, -0.15) is 18.3 Å². The van der Waals surface area contributed by atoms with Gasteiger partial charge >= 0.3 is 6.18 Å². The van der Waals surface area contributed by atoms with E-state index in [-0.39, 0.29) is 10.2 Å². The highest BCUT2D eigenvalue weighted by Crippen LogP contribution is 2.38. The van der Waals surface area contributed by atoms with Crippen LogP contribution in [0.3, 0.4) is 0 Å². The van der Waals surface area contributed by atoms with E-state index < -0.39 is 17.7 Å². The number of hydrogen-bond donors (Lipinski definition) is 1. The number of hydrogen-bond acceptors (Lipinski definition) is 1. The molecule has 2 rings (SSSR count). The minimum absolute atomic E-state index is 0.102. The number of benzene rings is 1. The molecule has 0 aliphatic rings. The lowest BCUT2D eigenvalue weighted by atomic mass is 10.1. The molecule has 0 fully saturated rings. The number of nitrogens with zero attached hydrogens (tertiary/aromatic N) is 1. The summed E-state index contributed by atoms with van der Waals surface area (Å²) in [7, 11) is 0. The molecule has 2 nitrogen and oxygen atoms in total. The summed E-state index contributed by atoms with van der Waals surface area (Å²) in [6, 6.07) is 4.01. The summed E-state index contributed by atoms with van der Waals surface area (Å²) >= 11 is 2.86. The molecule has 0 atom stereocenters. The van der Waals surface area contributed by atoms with Gasteiger partial charge in [0.05, 0.1) is 4.47 Å². The van der Waals surface area contributed by atoms with Gasteiger partial charge in [-0.3, -0.25) is 5.10 Å². The van der Waals surface area contributed by atoms with Crippen molar-refractivity contribution in [1.29, 1.82) is 0 Å². The number of aromatic amines is 1. The van der Waals surface area contributed by atoms with Gasteiger partial charge in [-0.1, -0.05) is 0 Å². The molecule has 1 N–H and O–H groups in total. The zero-order valence-electron chi connectivity index (χ0n) is 9.07. The smallest absolute Gasteiger partial charge is 0.272 e. The van der Waals surface area contributed by atoms with Gasteiger partial charge in [0.15, 0.2) is 5.69 Å². The molecule has 0 saturated carbocycles. The van der Waals surface area contributed by atoms with Crippen LogP contribution in [0.15, 0.2) is 22.7 Å². The summed E-state index contributed by atoms with van der Waals surface area (Å²) in [5, 5.41) is 5.54. The fraction of sp³-hybridized carbons (Fsp3) is 0.182. The molecule has 0 bridgehead atoms. The topological polar surface area (TPSA) is 28.7 Å². The highest BCUT2D eigenvalue weighted by atomic mass is 79.9. The molecule has 0 radical (unpaired) electrons. The van der Waals surface area contributed by atoms with Crippen LogP contribution in [0.25, 0.3) is 11.3 Å². The molecule has 0 unspecified atom stereocenters. The number of aromatic nitrogens is 2. The summed E-state index contributed by atoms with van der Waals surface area (Å²) in [5.74, 6) is -0.415. The molecule has 7 heteroatoms. The monoisotopic (exact) mass is 322 g/mol. The molecule has 0 amide bonds. The fourth-order valence-electron chi connectivity index (χ4n) is 1.50. The number of aryl methyl sites for hydroxylation is 1. The lowest BCUT2D eigenvalue weighted by Gasteiger charge is -2.04. The van der Waals surface area contributed by atoms with Crippen molar-refractivity contribution in [2.24, 2.45) is 0 Å². The van der Waals surface area contributed by atoms with Gasteiger partial charge in [0.25, 0.3) is 0 Å². The summed E-state index contributed by atoms with van der Waals surface area (Å²) in [4.78, 5) is 0. The predicted molar refractivity (Wildman–Crippen MR) is 61.4 cm³/mol.